The Bertz CT molecular complexity index is 411. The summed E-state index contributed by atoms with van der Waals surface area (Å²) in [6.45, 7) is 1.77. The maximum Gasteiger partial charge on any atom is 0.163 e. The van der Waals surface area contributed by atoms with Crippen molar-refractivity contribution in [1.29, 1.82) is 0 Å². The van der Waals surface area contributed by atoms with E-state index in [-0.39, 0.29) is 5.78 Å². The van der Waals surface area contributed by atoms with Crippen molar-refractivity contribution in [2.75, 3.05) is 0 Å². The van der Waals surface area contributed by atoms with E-state index in [0.717, 1.165) is 4.47 Å². The second-order valence-electron chi connectivity index (χ2n) is 2.63. The van der Waals surface area contributed by atoms with Gasteiger partial charge >= 0.3 is 0 Å². The Hall–Kier alpha value is -1.32. The summed E-state index contributed by atoms with van der Waals surface area (Å²) in [5.41, 5.74) is 9.16. The molecule has 0 amide bonds. The predicted octanol–water partition coefficient (Wildman–Crippen LogP) is 3.98. The zero-order valence-corrected chi connectivity index (χ0v) is 9.15. The number of benzene rings is 1. The zero-order chi connectivity index (χ0) is 10.6. The normalized spacial score (nSPS) is 9.29. The largest absolute Gasteiger partial charge is 0.294 e. The van der Waals surface area contributed by atoms with Gasteiger partial charge in [0.15, 0.2) is 5.78 Å². The molecule has 0 aliphatic carbocycles. The van der Waals surface area contributed by atoms with Crippen LogP contribution in [0.15, 0.2) is 27.8 Å². The minimum Gasteiger partial charge on any atom is -0.294 e. The molecule has 5 heteroatoms. The van der Waals surface area contributed by atoms with Gasteiger partial charge in [-0.25, -0.2) is 0 Å². The number of nitrogens with zero attached hydrogens (tertiary/aromatic N) is 3. The highest BCUT2D eigenvalue weighted by Crippen LogP contribution is 2.25. The molecule has 1 rings (SSSR count). The number of halogens is 1. The van der Waals surface area contributed by atoms with Crippen molar-refractivity contribution < 1.29 is 4.79 Å². The van der Waals surface area contributed by atoms with E-state index >= 15 is 0 Å². The second kappa shape index (κ2) is 4.79. The molecule has 14 heavy (non-hydrogen) atoms. The number of hydrogen-bond donors (Lipinski definition) is 0. The molecule has 1 aromatic rings. The third-order valence-electron chi connectivity index (χ3n) is 1.73. The van der Waals surface area contributed by atoms with E-state index in [1.54, 1.807) is 25.1 Å². The molecule has 0 spiro atoms. The Morgan fingerprint density at radius 2 is 2.36 bits per heavy atom. The summed E-state index contributed by atoms with van der Waals surface area (Å²) in [5, 5.41) is 3.47. The van der Waals surface area contributed by atoms with Crippen LogP contribution in [0.25, 0.3) is 10.4 Å². The van der Waals surface area contributed by atoms with Gasteiger partial charge in [0.2, 0.25) is 0 Å². The van der Waals surface area contributed by atoms with Crippen LogP contribution in [0.1, 0.15) is 23.7 Å². The van der Waals surface area contributed by atoms with Gasteiger partial charge in [-0.1, -0.05) is 28.0 Å². The summed E-state index contributed by atoms with van der Waals surface area (Å²) in [6, 6.07) is 5.03. The van der Waals surface area contributed by atoms with Gasteiger partial charge in [-0.15, -0.1) is 0 Å². The Balaban J connectivity index is 3.28. The number of ketones is 1. The number of azide groups is 1. The van der Waals surface area contributed by atoms with Gasteiger partial charge in [0.05, 0.1) is 0 Å². The van der Waals surface area contributed by atoms with Gasteiger partial charge in [-0.3, -0.25) is 4.79 Å². The van der Waals surface area contributed by atoms with Gasteiger partial charge < -0.3 is 0 Å². The molecule has 0 atom stereocenters. The first-order valence-corrected chi connectivity index (χ1v) is 4.86. The lowest BCUT2D eigenvalue weighted by Crippen LogP contribution is -1.96. The fourth-order valence-electron chi connectivity index (χ4n) is 1.06. The number of carbonyl (C=O) groups is 1. The molecule has 0 N–H and O–H groups in total. The van der Waals surface area contributed by atoms with E-state index in [2.05, 4.69) is 26.0 Å². The third-order valence-corrected chi connectivity index (χ3v) is 2.23. The molecular formula is C9H8BrN3O. The average molecular weight is 254 g/mol. The van der Waals surface area contributed by atoms with Gasteiger partial charge in [-0.05, 0) is 23.7 Å². The Morgan fingerprint density at radius 1 is 1.64 bits per heavy atom. The predicted molar refractivity (Wildman–Crippen MR) is 57.6 cm³/mol. The lowest BCUT2D eigenvalue weighted by atomic mass is 10.1. The van der Waals surface area contributed by atoms with Crippen molar-refractivity contribution in [2.24, 2.45) is 5.11 Å². The Kier molecular flexibility index (Phi) is 3.68. The Morgan fingerprint density at radius 3 is 2.93 bits per heavy atom. The third kappa shape index (κ3) is 2.34. The summed E-state index contributed by atoms with van der Waals surface area (Å²) in [7, 11) is 0. The number of hydrogen-bond acceptors (Lipinski definition) is 2. The van der Waals surface area contributed by atoms with E-state index in [4.69, 9.17) is 5.53 Å². The van der Waals surface area contributed by atoms with Crippen LogP contribution in [-0.4, -0.2) is 5.78 Å². The molecule has 0 heterocycles. The van der Waals surface area contributed by atoms with Gasteiger partial charge in [0.1, 0.15) is 0 Å². The van der Waals surface area contributed by atoms with Crippen LogP contribution in [0.2, 0.25) is 0 Å². The molecule has 0 bridgehead atoms. The molecule has 1 aromatic carbocycles. The van der Waals surface area contributed by atoms with Crippen LogP contribution in [0.5, 0.6) is 0 Å². The quantitative estimate of drug-likeness (QED) is 0.348. The fraction of sp³-hybridized carbons (Fsp3) is 0.222. The molecule has 0 radical (unpaired) electrons. The van der Waals surface area contributed by atoms with Crippen LogP contribution in [0, 0.1) is 0 Å². The zero-order valence-electron chi connectivity index (χ0n) is 7.57. The first-order valence-electron chi connectivity index (χ1n) is 4.07. The monoisotopic (exact) mass is 253 g/mol. The average Bonchev–Trinajstić information content (AvgIpc) is 2.17. The molecule has 0 aliphatic rings. The van der Waals surface area contributed by atoms with Crippen molar-refractivity contribution >= 4 is 27.4 Å². The van der Waals surface area contributed by atoms with Crippen LogP contribution < -0.4 is 0 Å². The molecule has 0 aliphatic heterocycles. The maximum absolute atomic E-state index is 11.4. The first kappa shape index (κ1) is 10.8. The minimum absolute atomic E-state index is 0.0279. The summed E-state index contributed by atoms with van der Waals surface area (Å²) in [4.78, 5) is 14.1. The molecule has 0 unspecified atom stereocenters. The highest BCUT2D eigenvalue weighted by molar-refractivity contribution is 9.10. The van der Waals surface area contributed by atoms with Gasteiger partial charge in [-0.2, -0.15) is 0 Å². The van der Waals surface area contributed by atoms with Crippen LogP contribution in [0.4, 0.5) is 5.69 Å². The highest BCUT2D eigenvalue weighted by Gasteiger charge is 2.08. The molecule has 0 fully saturated rings. The smallest absolute Gasteiger partial charge is 0.163 e. The standard InChI is InChI=1S/C9H8BrN3O/c1-2-9(14)7-4-3-6(10)5-8(7)12-13-11/h3-5H,2H2,1H3. The number of carbonyl (C=O) groups excluding carboxylic acids is 1. The van der Waals surface area contributed by atoms with Crippen LogP contribution in [0.3, 0.4) is 0 Å². The summed E-state index contributed by atoms with van der Waals surface area (Å²) < 4.78 is 0.785. The van der Waals surface area contributed by atoms with Crippen molar-refractivity contribution in [3.63, 3.8) is 0 Å². The second-order valence-corrected chi connectivity index (χ2v) is 3.54. The van der Waals surface area contributed by atoms with Gasteiger partial charge in [0, 0.05) is 27.1 Å². The SMILES string of the molecule is CCC(=O)c1ccc(Br)cc1N=[N+]=[N-]. The van der Waals surface area contributed by atoms with E-state index in [1.165, 1.54) is 0 Å². The van der Waals surface area contributed by atoms with Crippen molar-refractivity contribution in [2.45, 2.75) is 13.3 Å². The summed E-state index contributed by atoms with van der Waals surface area (Å²) in [5.74, 6) is -0.0279. The van der Waals surface area contributed by atoms with E-state index < -0.39 is 0 Å². The topological polar surface area (TPSA) is 65.8 Å². The lowest BCUT2D eigenvalue weighted by molar-refractivity contribution is 0.0989. The molecular weight excluding hydrogens is 246 g/mol. The van der Waals surface area contributed by atoms with E-state index in [9.17, 15) is 4.79 Å². The van der Waals surface area contributed by atoms with Gasteiger partial charge in [0.25, 0.3) is 0 Å². The van der Waals surface area contributed by atoms with Crippen LogP contribution >= 0.6 is 15.9 Å². The van der Waals surface area contributed by atoms with Crippen molar-refractivity contribution in [1.82, 2.24) is 0 Å². The number of rotatable bonds is 3. The summed E-state index contributed by atoms with van der Waals surface area (Å²) in [6.07, 6.45) is 0.398. The fourth-order valence-corrected chi connectivity index (χ4v) is 1.41. The molecule has 0 saturated heterocycles. The van der Waals surface area contributed by atoms with E-state index in [1.807, 2.05) is 0 Å². The minimum atomic E-state index is -0.0279. The van der Waals surface area contributed by atoms with Crippen LogP contribution in [-0.2, 0) is 0 Å². The highest BCUT2D eigenvalue weighted by atomic mass is 79.9. The summed E-state index contributed by atoms with van der Waals surface area (Å²) >= 11 is 3.24. The first-order chi connectivity index (χ1) is 6.69. The number of Topliss-reactive ketones (excluding diaryl/α,β-unsaturated/α-hetero) is 1. The maximum atomic E-state index is 11.4. The molecule has 0 aromatic heterocycles. The van der Waals surface area contributed by atoms with E-state index in [0.29, 0.717) is 17.7 Å². The lowest BCUT2D eigenvalue weighted by Gasteiger charge is -2.02. The molecule has 4 nitrogen and oxygen atoms in total. The Labute approximate surface area is 89.7 Å². The molecule has 72 valence electrons. The molecule has 0 saturated carbocycles. The van der Waals surface area contributed by atoms with Crippen molar-refractivity contribution in [3.05, 3.63) is 38.7 Å². The van der Waals surface area contributed by atoms with Crippen molar-refractivity contribution in [3.8, 4) is 0 Å².